The van der Waals surface area contributed by atoms with E-state index in [2.05, 4.69) is 16.0 Å². The molecular formula is C41H68N3O25P. The van der Waals surface area contributed by atoms with Crippen LogP contribution in [0, 0.1) is 0 Å². The minimum Gasteiger partial charge on any atom is -0.461 e. The van der Waals surface area contributed by atoms with Crippen LogP contribution in [0.15, 0.2) is 24.3 Å². The zero-order valence-corrected chi connectivity index (χ0v) is 39.9. The number of amides is 3. The molecule has 3 rings (SSSR count). The topological polar surface area (TPSA) is 413 Å². The predicted molar refractivity (Wildman–Crippen MR) is 232 cm³/mol. The second kappa shape index (κ2) is 30.4. The molecule has 29 heteroatoms. The van der Waals surface area contributed by atoms with Crippen molar-refractivity contribution in [1.29, 1.82) is 0 Å². The summed E-state index contributed by atoms with van der Waals surface area (Å²) in [5.41, 5.74) is 0. The lowest BCUT2D eigenvalue weighted by atomic mass is 9.95. The second-order valence-corrected chi connectivity index (χ2v) is 17.5. The Bertz CT molecular complexity index is 1760. The van der Waals surface area contributed by atoms with Crippen LogP contribution in [0.25, 0.3) is 0 Å². The third kappa shape index (κ3) is 19.4. The van der Waals surface area contributed by atoms with E-state index in [4.69, 9.17) is 46.9 Å². The number of aliphatic hydroxyl groups is 8. The van der Waals surface area contributed by atoms with E-state index in [9.17, 15) is 74.3 Å². The van der Waals surface area contributed by atoms with Crippen LogP contribution in [0.5, 0.6) is 0 Å². The van der Waals surface area contributed by atoms with Crippen molar-refractivity contribution in [2.45, 2.75) is 158 Å². The van der Waals surface area contributed by atoms with Gasteiger partial charge in [0, 0.05) is 13.5 Å². The lowest BCUT2D eigenvalue weighted by molar-refractivity contribution is -0.385. The van der Waals surface area contributed by atoms with Crippen LogP contribution in [0.1, 0.15) is 59.8 Å². The van der Waals surface area contributed by atoms with Gasteiger partial charge >= 0.3 is 19.8 Å². The van der Waals surface area contributed by atoms with Gasteiger partial charge in [-0.2, -0.15) is 0 Å². The first-order valence-corrected chi connectivity index (χ1v) is 23.9. The van der Waals surface area contributed by atoms with Gasteiger partial charge in [-0.3, -0.25) is 33.0 Å². The molecular weight excluding hydrogens is 965 g/mol. The Morgan fingerprint density at radius 3 is 1.91 bits per heavy atom. The van der Waals surface area contributed by atoms with Crippen molar-refractivity contribution in [3.05, 3.63) is 24.3 Å². The highest BCUT2D eigenvalue weighted by Crippen LogP contribution is 2.43. The van der Waals surface area contributed by atoms with Crippen LogP contribution in [0.3, 0.4) is 0 Å². The third-order valence-electron chi connectivity index (χ3n) is 10.5. The number of hydrogen-bond acceptors (Lipinski definition) is 24. The van der Waals surface area contributed by atoms with Gasteiger partial charge in [0.25, 0.3) is 0 Å². The molecule has 17 atom stereocenters. The fourth-order valence-corrected chi connectivity index (χ4v) is 7.58. The van der Waals surface area contributed by atoms with Gasteiger partial charge in [-0.1, -0.05) is 38.2 Å². The van der Waals surface area contributed by atoms with E-state index in [0.29, 0.717) is 12.8 Å². The molecule has 0 aromatic carbocycles. The maximum absolute atomic E-state index is 12.8. The average Bonchev–Trinajstić information content (AvgIpc) is 3.31. The average molecular weight is 1030 g/mol. The first-order valence-electron chi connectivity index (χ1n) is 22.4. The number of carbonyl (C=O) groups excluding carboxylic acids is 5. The minimum atomic E-state index is -4.84. The predicted octanol–water partition coefficient (Wildman–Crippen LogP) is -4.50. The largest absolute Gasteiger partial charge is 0.472 e. The van der Waals surface area contributed by atoms with E-state index >= 15 is 0 Å². The van der Waals surface area contributed by atoms with Gasteiger partial charge in [-0.05, 0) is 19.8 Å². The van der Waals surface area contributed by atoms with E-state index in [-0.39, 0.29) is 12.8 Å². The zero-order chi connectivity index (χ0) is 52.1. The summed E-state index contributed by atoms with van der Waals surface area (Å²) >= 11 is 0. The fourth-order valence-electron chi connectivity index (χ4n) is 6.83. The van der Waals surface area contributed by atoms with Crippen molar-refractivity contribution in [3.8, 4) is 0 Å². The number of aliphatic hydroxyl groups excluding tert-OH is 8. The van der Waals surface area contributed by atoms with Crippen molar-refractivity contribution < 1.29 is 121 Å². The van der Waals surface area contributed by atoms with Gasteiger partial charge < -0.3 is 99.6 Å². The summed E-state index contributed by atoms with van der Waals surface area (Å²) in [5, 5.41) is 91.1. The van der Waals surface area contributed by atoms with Crippen molar-refractivity contribution in [3.63, 3.8) is 0 Å². The van der Waals surface area contributed by atoms with Crippen LogP contribution >= 0.6 is 7.82 Å². The summed E-state index contributed by atoms with van der Waals surface area (Å²) in [7, 11) is -4.84. The number of carbonyl (C=O) groups is 5. The Hall–Kier alpha value is -3.62. The number of ether oxygens (including phenoxy) is 8. The molecule has 0 saturated carbocycles. The number of phosphoric ester groups is 1. The van der Waals surface area contributed by atoms with Crippen LogP contribution in [-0.4, -0.2) is 220 Å². The monoisotopic (exact) mass is 1030 g/mol. The van der Waals surface area contributed by atoms with Crippen LogP contribution in [-0.2, 0) is 75.5 Å². The maximum Gasteiger partial charge on any atom is 0.472 e. The zero-order valence-electron chi connectivity index (χ0n) is 39.0. The Morgan fingerprint density at radius 1 is 0.686 bits per heavy atom. The molecule has 3 aliphatic rings. The molecule has 402 valence electrons. The highest BCUT2D eigenvalue weighted by Gasteiger charge is 2.54. The van der Waals surface area contributed by atoms with Gasteiger partial charge in [-0.25, -0.2) is 4.57 Å². The van der Waals surface area contributed by atoms with E-state index in [1.54, 1.807) is 24.3 Å². The molecule has 0 aliphatic carbocycles. The SMILES string of the molecule is CC/C=C\CC(=O)OCC(COP(=O)(O)OCCNC(=O)CC(=O)NCO[C@@H]1OC(CO)[C@H](O)[C@H](O[C@@H]2OC(CO)[C@H](O)[C@H](O)C2NC(C)=O)C1O[C@@H]1OC(C)[C@@H](O)[C@H](O)C1O)OC(=O)C/C=C\CC. The molecule has 28 nitrogen and oxygen atoms in total. The van der Waals surface area contributed by atoms with Gasteiger partial charge in [0.2, 0.25) is 17.7 Å². The molecule has 0 bridgehead atoms. The first-order chi connectivity index (χ1) is 33.2. The maximum atomic E-state index is 12.8. The van der Waals surface area contributed by atoms with Crippen LogP contribution < -0.4 is 16.0 Å². The van der Waals surface area contributed by atoms with E-state index in [1.165, 1.54) is 6.92 Å². The lowest BCUT2D eigenvalue weighted by Crippen LogP contribution is -2.69. The summed E-state index contributed by atoms with van der Waals surface area (Å²) in [6.07, 6.45) is -18.3. The normalized spacial score (nSPS) is 32.7. The van der Waals surface area contributed by atoms with Crippen molar-refractivity contribution in [1.82, 2.24) is 16.0 Å². The van der Waals surface area contributed by atoms with E-state index < -0.39 is 188 Å². The highest BCUT2D eigenvalue weighted by molar-refractivity contribution is 7.47. The number of phosphoric acid groups is 1. The standard InChI is InChI=1S/C41H68N3O25P/c1-5-7-9-11-28(50)60-18-23(65-29(51)12-10-8-6-2)19-63-70(58,59)62-14-13-42-26(48)15-27(49)43-20-61-41-38(69-40-36(57)35(56)31(52)21(3)64-40)37(33(54)25(17-46)67-41)68-39-30(44-22(4)47)34(55)32(53)24(16-45)66-39/h7-10,21,23-25,30-41,45-46,52-57H,5-6,11-20H2,1-4H3,(H,42,48)(H,43,49)(H,44,47)(H,58,59)/b9-7-,10-8-/t21?,23?,24?,25?,30?,31-,32+,33+,34-,35+,36?,37+,38?,39+,40+,41-/m1/s1. The summed E-state index contributed by atoms with van der Waals surface area (Å²) in [5.74, 6) is -3.97. The van der Waals surface area contributed by atoms with E-state index in [1.807, 2.05) is 13.8 Å². The van der Waals surface area contributed by atoms with Crippen LogP contribution in [0.4, 0.5) is 0 Å². The fraction of sp³-hybridized carbons (Fsp3) is 0.780. The third-order valence-corrected chi connectivity index (χ3v) is 11.5. The molecule has 12 N–H and O–H groups in total. The summed E-state index contributed by atoms with van der Waals surface area (Å²) in [6, 6.07) is -1.55. The molecule has 0 radical (unpaired) electrons. The van der Waals surface area contributed by atoms with Gasteiger partial charge in [0.15, 0.2) is 25.0 Å². The minimum absolute atomic E-state index is 0.0595. The lowest BCUT2D eigenvalue weighted by Gasteiger charge is -2.49. The Labute approximate surface area is 402 Å². The number of hydrogen-bond donors (Lipinski definition) is 12. The molecule has 3 aliphatic heterocycles. The van der Waals surface area contributed by atoms with Crippen molar-refractivity contribution >= 4 is 37.5 Å². The highest BCUT2D eigenvalue weighted by atomic mass is 31.2. The number of allylic oxidation sites excluding steroid dienone is 2. The van der Waals surface area contributed by atoms with Gasteiger partial charge in [0.05, 0.1) is 45.4 Å². The number of nitrogens with one attached hydrogen (secondary N) is 3. The second-order valence-electron chi connectivity index (χ2n) is 16.0. The number of rotatable bonds is 28. The van der Waals surface area contributed by atoms with Crippen LogP contribution in [0.2, 0.25) is 0 Å². The summed E-state index contributed by atoms with van der Waals surface area (Å²) in [6.45, 7) is 1.36. The first kappa shape index (κ1) is 60.7. The van der Waals surface area contributed by atoms with Crippen molar-refractivity contribution in [2.75, 3.05) is 46.3 Å². The summed E-state index contributed by atoms with van der Waals surface area (Å²) in [4.78, 5) is 72.0. The smallest absolute Gasteiger partial charge is 0.461 e. The van der Waals surface area contributed by atoms with Crippen molar-refractivity contribution in [2.24, 2.45) is 0 Å². The Morgan fingerprint density at radius 2 is 1.29 bits per heavy atom. The molecule has 0 spiro atoms. The Balaban J connectivity index is 1.62. The van der Waals surface area contributed by atoms with Gasteiger partial charge in [-0.15, -0.1) is 0 Å². The summed E-state index contributed by atoms with van der Waals surface area (Å²) < 4.78 is 67.2. The van der Waals surface area contributed by atoms with E-state index in [0.717, 1.165) is 6.92 Å². The molecule has 3 fully saturated rings. The molecule has 0 aromatic heterocycles. The molecule has 3 amide bonds. The quantitative estimate of drug-likeness (QED) is 0.00877. The Kier molecular flexibility index (Phi) is 26.4. The van der Waals surface area contributed by atoms with Gasteiger partial charge in [0.1, 0.15) is 86.8 Å². The molecule has 70 heavy (non-hydrogen) atoms. The number of esters is 2. The molecule has 3 heterocycles. The molecule has 3 saturated heterocycles. The molecule has 8 unspecified atom stereocenters. The molecule has 0 aromatic rings.